The van der Waals surface area contributed by atoms with Crippen LogP contribution in [0.3, 0.4) is 0 Å². The molecule has 0 radical (unpaired) electrons. The summed E-state index contributed by atoms with van der Waals surface area (Å²) in [6, 6.07) is 7.19. The highest BCUT2D eigenvalue weighted by molar-refractivity contribution is 6.09. The molecule has 232 valence electrons. The first-order valence-corrected chi connectivity index (χ1v) is 15.7. The fourth-order valence-corrected chi connectivity index (χ4v) is 7.01. The molecule has 2 N–H and O–H groups in total. The zero-order valence-corrected chi connectivity index (χ0v) is 25.6. The van der Waals surface area contributed by atoms with Crippen molar-refractivity contribution in [3.05, 3.63) is 60.3 Å². The number of nitrogens with one attached hydrogen (secondary N) is 2. The van der Waals surface area contributed by atoms with Crippen molar-refractivity contribution in [3.63, 3.8) is 0 Å². The smallest absolute Gasteiger partial charge is 0.279 e. The van der Waals surface area contributed by atoms with Crippen LogP contribution < -0.4 is 10.2 Å². The molecule has 2 amide bonds. The number of anilines is 1. The minimum Gasteiger partial charge on any atom is -0.381 e. The van der Waals surface area contributed by atoms with Crippen LogP contribution in [-0.2, 0) is 24.4 Å². The Morgan fingerprint density at radius 2 is 1.84 bits per heavy atom. The third-order valence-corrected chi connectivity index (χ3v) is 9.63. The molecule has 10 heteroatoms. The molecule has 0 bridgehead atoms. The molecule has 6 rings (SSSR count). The number of carbonyl (C=O) groups excluding carboxylic acids is 2. The SMILES string of the molecule is C=C(C1CCOC1)N1CCC(NC(=O)C(C2COC3OCCC32)N(C(=O)c2c[nH]cn2)c2ccc(C(C)(C)C)cc2)CC1. The largest absolute Gasteiger partial charge is 0.381 e. The first-order valence-electron chi connectivity index (χ1n) is 15.7. The third-order valence-electron chi connectivity index (χ3n) is 9.63. The highest BCUT2D eigenvalue weighted by Crippen LogP contribution is 2.40. The summed E-state index contributed by atoms with van der Waals surface area (Å²) in [5.74, 6) is -0.299. The molecular formula is C33H45N5O5. The van der Waals surface area contributed by atoms with Crippen molar-refractivity contribution in [1.82, 2.24) is 20.2 Å². The molecule has 43 heavy (non-hydrogen) atoms. The molecule has 4 aliphatic rings. The van der Waals surface area contributed by atoms with Crippen molar-refractivity contribution in [2.24, 2.45) is 17.8 Å². The lowest BCUT2D eigenvalue weighted by atomic mass is 9.84. The Balaban J connectivity index is 1.27. The van der Waals surface area contributed by atoms with Gasteiger partial charge in [-0.3, -0.25) is 14.5 Å². The fourth-order valence-electron chi connectivity index (χ4n) is 7.01. The number of piperidine rings is 1. The first kappa shape index (κ1) is 29.8. The number of fused-ring (bicyclic) bond motifs is 1. The Bertz CT molecular complexity index is 1280. The van der Waals surface area contributed by atoms with Gasteiger partial charge in [-0.15, -0.1) is 0 Å². The number of amides is 2. The Kier molecular flexibility index (Phi) is 8.62. The molecule has 4 saturated heterocycles. The molecule has 5 atom stereocenters. The zero-order chi connectivity index (χ0) is 30.1. The van der Waals surface area contributed by atoms with Crippen molar-refractivity contribution in [2.45, 2.75) is 70.2 Å². The average molecular weight is 592 g/mol. The van der Waals surface area contributed by atoms with E-state index in [1.165, 1.54) is 6.33 Å². The van der Waals surface area contributed by atoms with E-state index in [9.17, 15) is 9.59 Å². The van der Waals surface area contributed by atoms with Gasteiger partial charge in [0.1, 0.15) is 11.7 Å². The van der Waals surface area contributed by atoms with Gasteiger partial charge >= 0.3 is 0 Å². The van der Waals surface area contributed by atoms with Gasteiger partial charge in [-0.25, -0.2) is 4.98 Å². The molecule has 0 spiro atoms. The van der Waals surface area contributed by atoms with Gasteiger partial charge in [-0.1, -0.05) is 39.5 Å². The van der Waals surface area contributed by atoms with E-state index in [1.807, 2.05) is 24.3 Å². The van der Waals surface area contributed by atoms with Crippen LogP contribution in [0.1, 0.15) is 62.5 Å². The number of rotatable bonds is 8. The number of aromatic amines is 1. The van der Waals surface area contributed by atoms with E-state index >= 15 is 0 Å². The lowest BCUT2D eigenvalue weighted by molar-refractivity contribution is -0.124. The van der Waals surface area contributed by atoms with Crippen LogP contribution in [0.15, 0.2) is 49.1 Å². The number of likely N-dealkylation sites (tertiary alicyclic amines) is 1. The van der Waals surface area contributed by atoms with Crippen molar-refractivity contribution < 1.29 is 23.8 Å². The van der Waals surface area contributed by atoms with Gasteiger partial charge in [0.2, 0.25) is 5.91 Å². The summed E-state index contributed by atoms with van der Waals surface area (Å²) < 4.78 is 17.4. The summed E-state index contributed by atoms with van der Waals surface area (Å²) >= 11 is 0. The number of hydrogen-bond donors (Lipinski definition) is 2. The quantitative estimate of drug-likeness (QED) is 0.480. The molecule has 0 aliphatic carbocycles. The molecular weight excluding hydrogens is 546 g/mol. The van der Waals surface area contributed by atoms with Crippen LogP contribution in [0, 0.1) is 17.8 Å². The summed E-state index contributed by atoms with van der Waals surface area (Å²) in [6.07, 6.45) is 6.16. The van der Waals surface area contributed by atoms with Gasteiger partial charge in [0.25, 0.3) is 5.91 Å². The summed E-state index contributed by atoms with van der Waals surface area (Å²) in [6.45, 7) is 15.0. The predicted octanol–water partition coefficient (Wildman–Crippen LogP) is 3.86. The van der Waals surface area contributed by atoms with E-state index in [1.54, 1.807) is 11.1 Å². The number of hydrogen-bond acceptors (Lipinski definition) is 7. The highest BCUT2D eigenvalue weighted by Gasteiger charge is 2.51. The van der Waals surface area contributed by atoms with E-state index in [0.29, 0.717) is 24.8 Å². The van der Waals surface area contributed by atoms with Crippen molar-refractivity contribution in [3.8, 4) is 0 Å². The van der Waals surface area contributed by atoms with E-state index in [-0.39, 0.29) is 47.1 Å². The highest BCUT2D eigenvalue weighted by atomic mass is 16.7. The Labute approximate surface area is 254 Å². The normalized spacial score (nSPS) is 26.7. The zero-order valence-electron chi connectivity index (χ0n) is 25.6. The van der Waals surface area contributed by atoms with Crippen LogP contribution in [-0.4, -0.2) is 84.6 Å². The van der Waals surface area contributed by atoms with Gasteiger partial charge in [-0.05, 0) is 48.8 Å². The molecule has 2 aromatic rings. The van der Waals surface area contributed by atoms with Crippen molar-refractivity contribution >= 4 is 17.5 Å². The summed E-state index contributed by atoms with van der Waals surface area (Å²) in [4.78, 5) is 39.8. The number of benzene rings is 1. The summed E-state index contributed by atoms with van der Waals surface area (Å²) in [5.41, 5.74) is 3.16. The maximum absolute atomic E-state index is 14.4. The van der Waals surface area contributed by atoms with Crippen LogP contribution in [0.4, 0.5) is 5.69 Å². The molecule has 1 aromatic carbocycles. The molecule has 4 fully saturated rings. The second-order valence-corrected chi connectivity index (χ2v) is 13.4. The minimum absolute atomic E-state index is 0.00225. The van der Waals surface area contributed by atoms with Gasteiger partial charge < -0.3 is 29.4 Å². The third kappa shape index (κ3) is 6.23. The Morgan fingerprint density at radius 1 is 1.07 bits per heavy atom. The number of ether oxygens (including phenoxy) is 3. The lowest BCUT2D eigenvalue weighted by Gasteiger charge is -2.39. The molecule has 10 nitrogen and oxygen atoms in total. The number of aromatic nitrogens is 2. The maximum Gasteiger partial charge on any atom is 0.279 e. The van der Waals surface area contributed by atoms with Crippen LogP contribution in [0.5, 0.6) is 0 Å². The molecule has 1 aromatic heterocycles. The van der Waals surface area contributed by atoms with E-state index in [2.05, 4.69) is 47.5 Å². The minimum atomic E-state index is -0.787. The second-order valence-electron chi connectivity index (χ2n) is 13.4. The van der Waals surface area contributed by atoms with E-state index < -0.39 is 6.04 Å². The van der Waals surface area contributed by atoms with Gasteiger partial charge in [-0.2, -0.15) is 0 Å². The van der Waals surface area contributed by atoms with E-state index in [4.69, 9.17) is 14.2 Å². The average Bonchev–Trinajstić information content (AvgIpc) is 3.82. The lowest BCUT2D eigenvalue weighted by Crippen LogP contribution is -2.58. The Morgan fingerprint density at radius 3 is 2.49 bits per heavy atom. The van der Waals surface area contributed by atoms with E-state index in [0.717, 1.165) is 63.2 Å². The molecule has 0 saturated carbocycles. The number of imidazole rings is 1. The van der Waals surface area contributed by atoms with Crippen molar-refractivity contribution in [2.75, 3.05) is 44.4 Å². The number of nitrogens with zero attached hydrogens (tertiary/aromatic N) is 3. The van der Waals surface area contributed by atoms with Crippen molar-refractivity contribution in [1.29, 1.82) is 0 Å². The van der Waals surface area contributed by atoms with Gasteiger partial charge in [0.05, 0.1) is 26.1 Å². The number of carbonyl (C=O) groups is 2. The van der Waals surface area contributed by atoms with Crippen LogP contribution in [0.25, 0.3) is 0 Å². The monoisotopic (exact) mass is 591 g/mol. The predicted molar refractivity (Wildman–Crippen MR) is 162 cm³/mol. The molecule has 5 heterocycles. The maximum atomic E-state index is 14.4. The topological polar surface area (TPSA) is 109 Å². The Hall–Kier alpha value is -3.21. The van der Waals surface area contributed by atoms with Crippen LogP contribution in [0.2, 0.25) is 0 Å². The standard InChI is InChI=1S/C33H45N5O5/c1-21(22-11-15-41-18-22)37-13-9-24(10-14-37)36-30(39)29(27-19-43-32-26(27)12-16-42-32)38(31(40)28-17-34-20-35-28)25-7-5-23(6-8-25)33(2,3)4/h5-8,17,20,22,24,26-27,29,32H,1,9-16,18-19H2,2-4H3,(H,34,35)(H,36,39). The van der Waals surface area contributed by atoms with Crippen LogP contribution >= 0.6 is 0 Å². The fraction of sp³-hybridized carbons (Fsp3) is 0.606. The molecule has 5 unspecified atom stereocenters. The molecule has 4 aliphatic heterocycles. The number of H-pyrrole nitrogens is 1. The van der Waals surface area contributed by atoms with Gasteiger partial charge in [0.15, 0.2) is 6.29 Å². The van der Waals surface area contributed by atoms with Gasteiger partial charge in [0, 0.05) is 61.1 Å². The summed E-state index contributed by atoms with van der Waals surface area (Å²) in [7, 11) is 0. The first-order chi connectivity index (χ1) is 20.7. The second kappa shape index (κ2) is 12.4. The summed E-state index contributed by atoms with van der Waals surface area (Å²) in [5, 5.41) is 3.35.